The lowest BCUT2D eigenvalue weighted by Crippen LogP contribution is -2.54. The van der Waals surface area contributed by atoms with Crippen molar-refractivity contribution in [1.82, 2.24) is 10.2 Å². The van der Waals surface area contributed by atoms with E-state index >= 15 is 0 Å². The van der Waals surface area contributed by atoms with Crippen LogP contribution in [0.25, 0.3) is 0 Å². The van der Waals surface area contributed by atoms with E-state index in [1.807, 2.05) is 20.8 Å². The average molecular weight is 258 g/mol. The molecule has 0 aromatic carbocycles. The quantitative estimate of drug-likeness (QED) is 0.824. The molecule has 0 aromatic heterocycles. The number of amides is 1. The smallest absolute Gasteiger partial charge is 0.410 e. The van der Waals surface area contributed by atoms with Crippen molar-refractivity contribution >= 4 is 6.09 Å². The predicted molar refractivity (Wildman–Crippen MR) is 67.3 cm³/mol. The zero-order valence-electron chi connectivity index (χ0n) is 11.4. The highest BCUT2D eigenvalue weighted by atomic mass is 19.1. The first-order chi connectivity index (χ1) is 8.38. The normalized spacial score (nSPS) is 28.9. The maximum Gasteiger partial charge on any atom is 0.410 e. The molecule has 1 saturated carbocycles. The Morgan fingerprint density at radius 1 is 1.33 bits per heavy atom. The topological polar surface area (TPSA) is 41.6 Å². The van der Waals surface area contributed by atoms with Gasteiger partial charge in [-0.1, -0.05) is 0 Å². The van der Waals surface area contributed by atoms with E-state index in [-0.39, 0.29) is 18.2 Å². The van der Waals surface area contributed by atoms with E-state index in [1.165, 1.54) is 0 Å². The maximum absolute atomic E-state index is 14.0. The molecule has 18 heavy (non-hydrogen) atoms. The Bertz CT molecular complexity index is 313. The van der Waals surface area contributed by atoms with Crippen molar-refractivity contribution in [1.29, 1.82) is 0 Å². The highest BCUT2D eigenvalue weighted by Crippen LogP contribution is 2.33. The molecule has 1 heterocycles. The van der Waals surface area contributed by atoms with Crippen molar-refractivity contribution in [2.24, 2.45) is 0 Å². The summed E-state index contributed by atoms with van der Waals surface area (Å²) in [6.07, 6.45) is 1.24. The Morgan fingerprint density at radius 2 is 2.00 bits per heavy atom. The van der Waals surface area contributed by atoms with E-state index in [2.05, 4.69) is 5.32 Å². The van der Waals surface area contributed by atoms with E-state index in [0.29, 0.717) is 13.0 Å². The molecule has 0 bridgehead atoms. The van der Waals surface area contributed by atoms with Crippen LogP contribution in [-0.2, 0) is 4.74 Å². The number of halogens is 1. The van der Waals surface area contributed by atoms with Gasteiger partial charge in [-0.05, 0) is 46.6 Å². The van der Waals surface area contributed by atoms with Gasteiger partial charge in [0.15, 0.2) is 0 Å². The summed E-state index contributed by atoms with van der Waals surface area (Å²) >= 11 is 0. The molecule has 0 unspecified atom stereocenters. The number of carbonyl (C=O) groups excluding carboxylic acids is 1. The Morgan fingerprint density at radius 3 is 2.50 bits per heavy atom. The third-order valence-corrected chi connectivity index (χ3v) is 3.28. The van der Waals surface area contributed by atoms with Crippen molar-refractivity contribution < 1.29 is 13.9 Å². The first kappa shape index (κ1) is 13.6. The van der Waals surface area contributed by atoms with E-state index in [4.69, 9.17) is 4.74 Å². The SMILES string of the molecule is CC(C)(C)OC(=O)N(C1CC1)[C@H]1CCNC[C@H]1F. The summed E-state index contributed by atoms with van der Waals surface area (Å²) in [7, 11) is 0. The van der Waals surface area contributed by atoms with E-state index in [1.54, 1.807) is 4.90 Å². The number of ether oxygens (including phenoxy) is 1. The fraction of sp³-hybridized carbons (Fsp3) is 0.923. The standard InChI is InChI=1S/C13H23FN2O2/c1-13(2,3)18-12(17)16(9-4-5-9)11-6-7-15-8-10(11)14/h9-11,15H,4-8H2,1-3H3/t10-,11+/m1/s1. The van der Waals surface area contributed by atoms with Crippen molar-refractivity contribution in [3.63, 3.8) is 0 Å². The lowest BCUT2D eigenvalue weighted by atomic mass is 10.0. The molecule has 104 valence electrons. The molecule has 0 radical (unpaired) electrons. The van der Waals surface area contributed by atoms with Crippen molar-refractivity contribution in [2.45, 2.75) is 63.9 Å². The Labute approximate surface area is 108 Å². The highest BCUT2D eigenvalue weighted by molar-refractivity contribution is 5.69. The Kier molecular flexibility index (Phi) is 3.80. The second kappa shape index (κ2) is 5.03. The van der Waals surface area contributed by atoms with Gasteiger partial charge < -0.3 is 10.1 Å². The molecule has 1 aliphatic heterocycles. The fourth-order valence-electron chi connectivity index (χ4n) is 2.34. The van der Waals surface area contributed by atoms with Gasteiger partial charge in [-0.3, -0.25) is 4.90 Å². The van der Waals surface area contributed by atoms with Gasteiger partial charge >= 0.3 is 6.09 Å². The number of nitrogens with zero attached hydrogens (tertiary/aromatic N) is 1. The van der Waals surface area contributed by atoms with Crippen LogP contribution in [0.1, 0.15) is 40.0 Å². The number of hydrogen-bond donors (Lipinski definition) is 1. The van der Waals surface area contributed by atoms with Crippen molar-refractivity contribution in [2.75, 3.05) is 13.1 Å². The van der Waals surface area contributed by atoms with Gasteiger partial charge in [0.1, 0.15) is 11.8 Å². The third-order valence-electron chi connectivity index (χ3n) is 3.28. The number of rotatable bonds is 2. The summed E-state index contributed by atoms with van der Waals surface area (Å²) in [6.45, 7) is 6.61. The minimum Gasteiger partial charge on any atom is -0.444 e. The van der Waals surface area contributed by atoms with Crippen LogP contribution in [0.2, 0.25) is 0 Å². The minimum absolute atomic E-state index is 0.182. The summed E-state index contributed by atoms with van der Waals surface area (Å²) < 4.78 is 19.4. The summed E-state index contributed by atoms with van der Waals surface area (Å²) in [5.74, 6) is 0. The molecule has 2 atom stereocenters. The van der Waals surface area contributed by atoms with Crippen LogP contribution in [0.15, 0.2) is 0 Å². The molecule has 4 nitrogen and oxygen atoms in total. The first-order valence-corrected chi connectivity index (χ1v) is 6.74. The Balaban J connectivity index is 2.05. The lowest BCUT2D eigenvalue weighted by Gasteiger charge is -2.37. The van der Waals surface area contributed by atoms with E-state index < -0.39 is 11.8 Å². The lowest BCUT2D eigenvalue weighted by molar-refractivity contribution is -0.00118. The molecule has 0 spiro atoms. The van der Waals surface area contributed by atoms with Crippen molar-refractivity contribution in [3.8, 4) is 0 Å². The number of nitrogens with one attached hydrogen (secondary N) is 1. The summed E-state index contributed by atoms with van der Waals surface area (Å²) in [5, 5.41) is 3.01. The molecule has 2 fully saturated rings. The molecule has 2 rings (SSSR count). The van der Waals surface area contributed by atoms with Gasteiger partial charge in [0.2, 0.25) is 0 Å². The van der Waals surface area contributed by atoms with Gasteiger partial charge in [0.05, 0.1) is 6.04 Å². The zero-order valence-corrected chi connectivity index (χ0v) is 11.4. The van der Waals surface area contributed by atoms with E-state index in [0.717, 1.165) is 19.4 Å². The Hall–Kier alpha value is -0.840. The molecule has 1 amide bonds. The van der Waals surface area contributed by atoms with Gasteiger partial charge in [-0.2, -0.15) is 0 Å². The van der Waals surface area contributed by atoms with Crippen LogP contribution in [0.3, 0.4) is 0 Å². The second-order valence-corrected chi connectivity index (χ2v) is 6.19. The molecular formula is C13H23FN2O2. The second-order valence-electron chi connectivity index (χ2n) is 6.19. The fourth-order valence-corrected chi connectivity index (χ4v) is 2.34. The third kappa shape index (κ3) is 3.34. The largest absolute Gasteiger partial charge is 0.444 e. The number of piperidine rings is 1. The monoisotopic (exact) mass is 258 g/mol. The number of carbonyl (C=O) groups is 1. The number of hydrogen-bond acceptors (Lipinski definition) is 3. The van der Waals surface area contributed by atoms with Crippen LogP contribution in [0.5, 0.6) is 0 Å². The molecule has 1 aliphatic carbocycles. The summed E-state index contributed by atoms with van der Waals surface area (Å²) in [4.78, 5) is 13.9. The van der Waals surface area contributed by atoms with E-state index in [9.17, 15) is 9.18 Å². The van der Waals surface area contributed by atoms with Gasteiger partial charge in [-0.25, -0.2) is 9.18 Å². The average Bonchev–Trinajstić information content (AvgIpc) is 3.03. The van der Waals surface area contributed by atoms with Gasteiger partial charge in [0.25, 0.3) is 0 Å². The van der Waals surface area contributed by atoms with Crippen LogP contribution < -0.4 is 5.32 Å². The molecular weight excluding hydrogens is 235 g/mol. The van der Waals surface area contributed by atoms with Crippen LogP contribution in [0.4, 0.5) is 9.18 Å². The first-order valence-electron chi connectivity index (χ1n) is 6.74. The number of alkyl halides is 1. The van der Waals surface area contributed by atoms with Crippen LogP contribution >= 0.6 is 0 Å². The molecule has 2 aliphatic rings. The van der Waals surface area contributed by atoms with Gasteiger partial charge in [0, 0.05) is 12.6 Å². The summed E-state index contributed by atoms with van der Waals surface area (Å²) in [5.41, 5.74) is -0.525. The highest BCUT2D eigenvalue weighted by Gasteiger charge is 2.43. The zero-order chi connectivity index (χ0) is 13.3. The molecule has 1 N–H and O–H groups in total. The minimum atomic E-state index is -0.994. The molecule has 0 aromatic rings. The van der Waals surface area contributed by atoms with Crippen LogP contribution in [0, 0.1) is 0 Å². The maximum atomic E-state index is 14.0. The summed E-state index contributed by atoms with van der Waals surface area (Å²) in [6, 6.07) is -0.144. The van der Waals surface area contributed by atoms with Crippen LogP contribution in [-0.4, -0.2) is 47.9 Å². The van der Waals surface area contributed by atoms with Crippen molar-refractivity contribution in [3.05, 3.63) is 0 Å². The predicted octanol–water partition coefficient (Wildman–Crippen LogP) is 2.09. The van der Waals surface area contributed by atoms with Gasteiger partial charge in [-0.15, -0.1) is 0 Å². The molecule has 5 heteroatoms. The molecule has 1 saturated heterocycles.